The molecule has 1 heterocycles. The van der Waals surface area contributed by atoms with Crippen LogP contribution in [-0.4, -0.2) is 32.1 Å². The Morgan fingerprint density at radius 1 is 1.23 bits per heavy atom. The van der Waals surface area contributed by atoms with Crippen molar-refractivity contribution in [2.24, 2.45) is 0 Å². The molecule has 0 spiro atoms. The molecule has 0 unspecified atom stereocenters. The van der Waals surface area contributed by atoms with Crippen molar-refractivity contribution in [2.45, 2.75) is 38.3 Å². The number of sulfonamides is 1. The Hall–Kier alpha value is -2.53. The van der Waals surface area contributed by atoms with Gasteiger partial charge >= 0.3 is 6.61 Å². The predicted molar refractivity (Wildman–Crippen MR) is 87.5 cm³/mol. The summed E-state index contributed by atoms with van der Waals surface area (Å²) in [5, 5.41) is 6.04. The van der Waals surface area contributed by atoms with Crippen molar-refractivity contribution >= 4 is 21.6 Å². The third-order valence-corrected chi connectivity index (χ3v) is 5.09. The Morgan fingerprint density at radius 3 is 2.35 bits per heavy atom. The molecule has 1 amide bonds. The molecule has 11 heteroatoms. The minimum absolute atomic E-state index is 0.0647. The van der Waals surface area contributed by atoms with Gasteiger partial charge in [-0.15, -0.1) is 0 Å². The number of benzene rings is 1. The lowest BCUT2D eigenvalue weighted by atomic mass is 10.2. The van der Waals surface area contributed by atoms with Crippen LogP contribution in [0.4, 0.5) is 14.5 Å². The van der Waals surface area contributed by atoms with Gasteiger partial charge in [0.15, 0.2) is 5.76 Å². The fourth-order valence-corrected chi connectivity index (χ4v) is 3.71. The van der Waals surface area contributed by atoms with Gasteiger partial charge in [-0.1, -0.05) is 5.16 Å². The summed E-state index contributed by atoms with van der Waals surface area (Å²) in [5.41, 5.74) is 0.470. The number of hydrogen-bond acceptors (Lipinski definition) is 6. The Balaban J connectivity index is 2.03. The van der Waals surface area contributed by atoms with Crippen LogP contribution in [0, 0.1) is 13.8 Å². The summed E-state index contributed by atoms with van der Waals surface area (Å²) in [6.07, 6.45) is 0. The standard InChI is InChI=1S/C15H17F2N3O5S/c1-8-13(10(3)25-19-8)26(22,23)20-9(2)14(21)18-11-4-6-12(7-5-11)24-15(16)17/h4-7,9,15,20H,1-3H3,(H,18,21)/t9-/m0/s1. The number of rotatable bonds is 7. The molecule has 2 N–H and O–H groups in total. The van der Waals surface area contributed by atoms with Crippen LogP contribution in [0.25, 0.3) is 0 Å². The maximum Gasteiger partial charge on any atom is 0.387 e. The van der Waals surface area contributed by atoms with Crippen LogP contribution < -0.4 is 14.8 Å². The summed E-state index contributed by atoms with van der Waals surface area (Å²) >= 11 is 0. The van der Waals surface area contributed by atoms with E-state index in [1.807, 2.05) is 0 Å². The van der Waals surface area contributed by atoms with E-state index in [1.54, 1.807) is 0 Å². The van der Waals surface area contributed by atoms with Gasteiger partial charge in [-0.25, -0.2) is 8.42 Å². The van der Waals surface area contributed by atoms with E-state index in [1.165, 1.54) is 45.0 Å². The van der Waals surface area contributed by atoms with Crippen molar-refractivity contribution in [3.05, 3.63) is 35.7 Å². The number of nitrogens with zero attached hydrogens (tertiary/aromatic N) is 1. The van der Waals surface area contributed by atoms with E-state index >= 15 is 0 Å². The summed E-state index contributed by atoms with van der Waals surface area (Å²) < 4.78 is 60.2. The average molecular weight is 389 g/mol. The average Bonchev–Trinajstić information content (AvgIpc) is 2.87. The highest BCUT2D eigenvalue weighted by molar-refractivity contribution is 7.89. The second-order valence-electron chi connectivity index (χ2n) is 5.39. The lowest BCUT2D eigenvalue weighted by Gasteiger charge is -2.14. The molecule has 0 saturated heterocycles. The van der Waals surface area contributed by atoms with Crippen LogP contribution in [0.2, 0.25) is 0 Å². The summed E-state index contributed by atoms with van der Waals surface area (Å²) in [7, 11) is -4.01. The molecule has 0 aliphatic heterocycles. The van der Waals surface area contributed by atoms with Crippen molar-refractivity contribution in [3.8, 4) is 5.75 Å². The number of ether oxygens (including phenoxy) is 1. The lowest BCUT2D eigenvalue weighted by Crippen LogP contribution is -2.41. The molecule has 0 radical (unpaired) electrons. The smallest absolute Gasteiger partial charge is 0.387 e. The van der Waals surface area contributed by atoms with Gasteiger partial charge in [0.2, 0.25) is 15.9 Å². The maximum atomic E-state index is 12.4. The zero-order valence-corrected chi connectivity index (χ0v) is 14.9. The number of anilines is 1. The molecule has 1 atom stereocenters. The number of hydrogen-bond donors (Lipinski definition) is 2. The Labute approximate surface area is 148 Å². The Kier molecular flexibility index (Phi) is 5.93. The van der Waals surface area contributed by atoms with Crippen LogP contribution in [0.3, 0.4) is 0 Å². The van der Waals surface area contributed by atoms with Crippen molar-refractivity contribution in [1.82, 2.24) is 9.88 Å². The largest absolute Gasteiger partial charge is 0.435 e. The van der Waals surface area contributed by atoms with Crippen LogP contribution in [0.1, 0.15) is 18.4 Å². The first-order valence-corrected chi connectivity index (χ1v) is 8.89. The summed E-state index contributed by atoms with van der Waals surface area (Å²) in [5.74, 6) is -0.592. The molecule has 0 aliphatic rings. The number of nitrogens with one attached hydrogen (secondary N) is 2. The fraction of sp³-hybridized carbons (Fsp3) is 0.333. The van der Waals surface area contributed by atoms with Crippen molar-refractivity contribution in [1.29, 1.82) is 0 Å². The monoisotopic (exact) mass is 389 g/mol. The molecule has 2 aromatic rings. The predicted octanol–water partition coefficient (Wildman–Crippen LogP) is 2.20. The normalized spacial score (nSPS) is 12.8. The van der Waals surface area contributed by atoms with Crippen molar-refractivity contribution in [3.63, 3.8) is 0 Å². The summed E-state index contributed by atoms with van der Waals surface area (Å²) in [4.78, 5) is 12.0. The van der Waals surface area contributed by atoms with E-state index < -0.39 is 28.6 Å². The molecule has 0 fully saturated rings. The van der Waals surface area contributed by atoms with E-state index in [9.17, 15) is 22.0 Å². The minimum Gasteiger partial charge on any atom is -0.435 e. The number of aromatic nitrogens is 1. The number of aryl methyl sites for hydroxylation is 2. The summed E-state index contributed by atoms with van der Waals surface area (Å²) in [6.45, 7) is 1.33. The third-order valence-electron chi connectivity index (χ3n) is 3.31. The minimum atomic E-state index is -4.01. The zero-order valence-electron chi connectivity index (χ0n) is 14.1. The number of alkyl halides is 2. The highest BCUT2D eigenvalue weighted by Crippen LogP contribution is 2.20. The molecular formula is C15H17F2N3O5S. The number of carbonyl (C=O) groups is 1. The zero-order chi connectivity index (χ0) is 19.5. The number of carbonyl (C=O) groups excluding carboxylic acids is 1. The molecule has 1 aromatic carbocycles. The molecule has 1 aromatic heterocycles. The van der Waals surface area contributed by atoms with E-state index in [0.29, 0.717) is 5.69 Å². The van der Waals surface area contributed by atoms with Crippen molar-refractivity contribution in [2.75, 3.05) is 5.32 Å². The summed E-state index contributed by atoms with van der Waals surface area (Å²) in [6, 6.07) is 4.10. The van der Waals surface area contributed by atoms with E-state index in [-0.39, 0.29) is 22.1 Å². The van der Waals surface area contributed by atoms with Crippen LogP contribution in [-0.2, 0) is 14.8 Å². The van der Waals surface area contributed by atoms with Crippen LogP contribution >= 0.6 is 0 Å². The molecule has 0 saturated carbocycles. The molecule has 0 bridgehead atoms. The van der Waals surface area contributed by atoms with E-state index in [2.05, 4.69) is 19.9 Å². The highest BCUT2D eigenvalue weighted by Gasteiger charge is 2.28. The van der Waals surface area contributed by atoms with Gasteiger partial charge in [0, 0.05) is 5.69 Å². The van der Waals surface area contributed by atoms with Crippen LogP contribution in [0.5, 0.6) is 5.75 Å². The van der Waals surface area contributed by atoms with E-state index in [4.69, 9.17) is 4.52 Å². The van der Waals surface area contributed by atoms with Gasteiger partial charge in [-0.3, -0.25) is 4.79 Å². The van der Waals surface area contributed by atoms with Crippen LogP contribution in [0.15, 0.2) is 33.7 Å². The first-order valence-electron chi connectivity index (χ1n) is 7.41. The Bertz CT molecular complexity index is 862. The second kappa shape index (κ2) is 7.79. The number of amides is 1. The molecule has 142 valence electrons. The van der Waals surface area contributed by atoms with Crippen molar-refractivity contribution < 1.29 is 31.3 Å². The number of halogens is 2. The molecule has 26 heavy (non-hydrogen) atoms. The first kappa shape index (κ1) is 19.8. The first-order chi connectivity index (χ1) is 12.1. The van der Waals surface area contributed by atoms with Gasteiger partial charge < -0.3 is 14.6 Å². The van der Waals surface area contributed by atoms with Gasteiger partial charge in [0.05, 0.1) is 6.04 Å². The third kappa shape index (κ3) is 4.76. The van der Waals surface area contributed by atoms with Gasteiger partial charge in [0.25, 0.3) is 0 Å². The lowest BCUT2D eigenvalue weighted by molar-refractivity contribution is -0.117. The van der Waals surface area contributed by atoms with E-state index in [0.717, 1.165) is 0 Å². The molecule has 8 nitrogen and oxygen atoms in total. The molecule has 0 aliphatic carbocycles. The SMILES string of the molecule is Cc1noc(C)c1S(=O)(=O)N[C@@H](C)C(=O)Nc1ccc(OC(F)F)cc1. The van der Waals surface area contributed by atoms with Gasteiger partial charge in [0.1, 0.15) is 16.3 Å². The maximum absolute atomic E-state index is 12.4. The molecular weight excluding hydrogens is 372 g/mol. The fourth-order valence-electron chi connectivity index (χ4n) is 2.17. The molecule has 2 rings (SSSR count). The topological polar surface area (TPSA) is 111 Å². The highest BCUT2D eigenvalue weighted by atomic mass is 32.2. The van der Waals surface area contributed by atoms with Gasteiger partial charge in [-0.05, 0) is 45.0 Å². The quantitative estimate of drug-likeness (QED) is 0.751. The van der Waals surface area contributed by atoms with Gasteiger partial charge in [-0.2, -0.15) is 13.5 Å². The Morgan fingerprint density at radius 2 is 1.85 bits per heavy atom. The second-order valence-corrected chi connectivity index (χ2v) is 7.04.